The van der Waals surface area contributed by atoms with E-state index in [4.69, 9.17) is 24.4 Å². The summed E-state index contributed by atoms with van der Waals surface area (Å²) in [5, 5.41) is 8.03. The van der Waals surface area contributed by atoms with Crippen LogP contribution in [0.2, 0.25) is 0 Å². The Morgan fingerprint density at radius 1 is 0.980 bits per heavy atom. The zero-order valence-corrected chi connectivity index (χ0v) is 29.8. The lowest BCUT2D eigenvalue weighted by molar-refractivity contribution is 0.0950. The molecule has 49 heavy (non-hydrogen) atoms. The van der Waals surface area contributed by atoms with Gasteiger partial charge in [0.15, 0.2) is 5.65 Å². The average molecular weight is 707 g/mol. The molecular weight excluding hydrogens is 666 g/mol. The molecule has 15 heteroatoms. The number of rotatable bonds is 14. The van der Waals surface area contributed by atoms with Crippen LogP contribution in [0.15, 0.2) is 73.1 Å². The van der Waals surface area contributed by atoms with Gasteiger partial charge in [0, 0.05) is 17.7 Å². The van der Waals surface area contributed by atoms with Crippen LogP contribution in [-0.4, -0.2) is 49.9 Å². The molecule has 13 nitrogen and oxygen atoms in total. The van der Waals surface area contributed by atoms with Crippen molar-refractivity contribution in [3.05, 3.63) is 89.7 Å². The third kappa shape index (κ3) is 7.83. The number of nitrogen functional groups attached to an aromatic ring is 1. The van der Waals surface area contributed by atoms with E-state index in [2.05, 4.69) is 15.3 Å². The number of carbonyl (C=O) groups is 1. The van der Waals surface area contributed by atoms with E-state index in [-0.39, 0.29) is 36.2 Å². The number of nitrogens with zero attached hydrogens (tertiary/aromatic N) is 4. The van der Waals surface area contributed by atoms with E-state index in [0.717, 1.165) is 11.1 Å². The second-order valence-electron chi connectivity index (χ2n) is 11.3. The SMILES string of the molecule is CCOP(=O)(OCC)c1cc(CNC(=O)c2cccc(-n3nc(-c4ccc(C)cc4)c4c(N)ncnc43)c2)ccc1P(=O)(O)OC(C)CC. The van der Waals surface area contributed by atoms with Crippen LogP contribution in [0.3, 0.4) is 0 Å². The predicted molar refractivity (Wildman–Crippen MR) is 190 cm³/mol. The molecule has 0 aliphatic rings. The number of nitrogens with two attached hydrogens (primary N) is 1. The Morgan fingerprint density at radius 3 is 2.37 bits per heavy atom. The summed E-state index contributed by atoms with van der Waals surface area (Å²) in [4.78, 5) is 33.0. The van der Waals surface area contributed by atoms with Gasteiger partial charge in [-0.15, -0.1) is 0 Å². The predicted octanol–water partition coefficient (Wildman–Crippen LogP) is 5.82. The Morgan fingerprint density at radius 2 is 1.69 bits per heavy atom. The van der Waals surface area contributed by atoms with E-state index in [1.807, 2.05) is 38.1 Å². The lowest BCUT2D eigenvalue weighted by atomic mass is 10.1. The summed E-state index contributed by atoms with van der Waals surface area (Å²) in [6, 6.07) is 19.1. The highest BCUT2D eigenvalue weighted by Crippen LogP contribution is 2.51. The molecule has 0 fully saturated rings. The van der Waals surface area contributed by atoms with E-state index in [1.54, 1.807) is 55.8 Å². The molecule has 0 aliphatic carbocycles. The molecule has 0 spiro atoms. The number of anilines is 1. The molecule has 0 radical (unpaired) electrons. The van der Waals surface area contributed by atoms with Gasteiger partial charge in [-0.1, -0.05) is 48.9 Å². The first kappa shape index (κ1) is 36.1. The summed E-state index contributed by atoms with van der Waals surface area (Å²) in [6.45, 7) is 8.86. The van der Waals surface area contributed by atoms with Crippen LogP contribution >= 0.6 is 15.2 Å². The molecule has 1 amide bonds. The van der Waals surface area contributed by atoms with Crippen LogP contribution < -0.4 is 21.7 Å². The minimum Gasteiger partial charge on any atom is -0.383 e. The number of benzene rings is 3. The van der Waals surface area contributed by atoms with Crippen LogP contribution in [0.25, 0.3) is 28.0 Å². The Labute approximate surface area is 284 Å². The summed E-state index contributed by atoms with van der Waals surface area (Å²) in [5.41, 5.74) is 10.7. The number of hydrogen-bond donors (Lipinski definition) is 3. The maximum absolute atomic E-state index is 13.9. The fourth-order valence-corrected chi connectivity index (χ4v) is 8.99. The number of aryl methyl sites for hydroxylation is 1. The van der Waals surface area contributed by atoms with Crippen LogP contribution in [0.5, 0.6) is 0 Å². The summed E-state index contributed by atoms with van der Waals surface area (Å²) >= 11 is 0. The zero-order chi connectivity index (χ0) is 35.3. The smallest absolute Gasteiger partial charge is 0.362 e. The molecule has 2 atom stereocenters. The molecule has 2 unspecified atom stereocenters. The fourth-order valence-electron chi connectivity index (χ4n) is 5.16. The number of carbonyl (C=O) groups excluding carboxylic acids is 1. The molecule has 3 aromatic carbocycles. The number of fused-ring (bicyclic) bond motifs is 1. The van der Waals surface area contributed by atoms with Gasteiger partial charge in [0.25, 0.3) is 5.91 Å². The van der Waals surface area contributed by atoms with Gasteiger partial charge < -0.3 is 29.5 Å². The van der Waals surface area contributed by atoms with Crippen molar-refractivity contribution in [3.8, 4) is 16.9 Å². The van der Waals surface area contributed by atoms with Gasteiger partial charge >= 0.3 is 15.2 Å². The number of amides is 1. The highest BCUT2D eigenvalue weighted by Gasteiger charge is 2.38. The first-order chi connectivity index (χ1) is 23.4. The third-order valence-electron chi connectivity index (χ3n) is 7.76. The van der Waals surface area contributed by atoms with Crippen molar-refractivity contribution in [1.29, 1.82) is 0 Å². The normalized spacial score (nSPS) is 13.7. The average Bonchev–Trinajstić information content (AvgIpc) is 3.48. The summed E-state index contributed by atoms with van der Waals surface area (Å²) in [6.07, 6.45) is 1.33. The lowest BCUT2D eigenvalue weighted by Gasteiger charge is -2.24. The molecule has 5 rings (SSSR count). The topological polar surface area (TPSA) is 181 Å². The summed E-state index contributed by atoms with van der Waals surface area (Å²) in [7, 11) is -8.46. The minimum absolute atomic E-state index is 0.00255. The molecule has 258 valence electrons. The molecule has 2 aromatic heterocycles. The second kappa shape index (κ2) is 15.1. The van der Waals surface area contributed by atoms with E-state index >= 15 is 0 Å². The van der Waals surface area contributed by atoms with Crippen LogP contribution in [0.4, 0.5) is 5.82 Å². The quantitative estimate of drug-likeness (QED) is 0.118. The second-order valence-corrected chi connectivity index (χ2v) is 15.0. The Bertz CT molecular complexity index is 2060. The monoisotopic (exact) mass is 706 g/mol. The van der Waals surface area contributed by atoms with Crippen molar-refractivity contribution in [2.45, 2.75) is 53.7 Å². The Balaban J connectivity index is 1.45. The molecule has 2 heterocycles. The first-order valence-electron chi connectivity index (χ1n) is 15.9. The number of hydrogen-bond acceptors (Lipinski definition) is 10. The number of nitrogens with one attached hydrogen (secondary N) is 1. The van der Waals surface area contributed by atoms with Crippen molar-refractivity contribution in [3.63, 3.8) is 0 Å². The van der Waals surface area contributed by atoms with Crippen LogP contribution in [-0.2, 0) is 29.2 Å². The third-order valence-corrected chi connectivity index (χ3v) is 11.7. The molecule has 0 saturated heterocycles. The minimum atomic E-state index is -4.43. The zero-order valence-electron chi connectivity index (χ0n) is 28.0. The van der Waals surface area contributed by atoms with Gasteiger partial charge in [0.1, 0.15) is 17.8 Å². The van der Waals surface area contributed by atoms with Crippen molar-refractivity contribution in [2.75, 3.05) is 18.9 Å². The van der Waals surface area contributed by atoms with Gasteiger partial charge in [-0.3, -0.25) is 13.9 Å². The Hall–Kier alpha value is -4.22. The van der Waals surface area contributed by atoms with Crippen LogP contribution in [0, 0.1) is 6.92 Å². The largest absolute Gasteiger partial charge is 0.383 e. The van der Waals surface area contributed by atoms with Gasteiger partial charge in [-0.2, -0.15) is 5.10 Å². The standard InChI is InChI=1S/C34H40N6O7P2/c1-6-23(5)47-48(42,43)28-17-14-24(18-29(28)49(44,45-7-2)46-8-3)20-36-34(41)26-10-9-11-27(19-26)40-33-30(32(35)37-21-38-33)31(39-40)25-15-12-22(4)13-16-25/h9-19,21,23H,6-8,20H2,1-5H3,(H,36,41)(H,42,43)(H2,35,37,38). The van der Waals surface area contributed by atoms with Crippen molar-refractivity contribution in [1.82, 2.24) is 25.1 Å². The summed E-state index contributed by atoms with van der Waals surface area (Å²) < 4.78 is 45.4. The van der Waals surface area contributed by atoms with Crippen molar-refractivity contribution >= 4 is 48.6 Å². The van der Waals surface area contributed by atoms with E-state index in [0.29, 0.717) is 40.0 Å². The lowest BCUT2D eigenvalue weighted by Crippen LogP contribution is -2.30. The summed E-state index contributed by atoms with van der Waals surface area (Å²) in [5.74, 6) is -0.115. The highest BCUT2D eigenvalue weighted by atomic mass is 31.2. The van der Waals surface area contributed by atoms with Gasteiger partial charge in [0.2, 0.25) is 0 Å². The number of aromatic nitrogens is 4. The van der Waals surface area contributed by atoms with E-state index < -0.39 is 27.2 Å². The Kier molecular flexibility index (Phi) is 11.1. The van der Waals surface area contributed by atoms with Crippen molar-refractivity contribution in [2.24, 2.45) is 0 Å². The maximum Gasteiger partial charge on any atom is 0.362 e. The van der Waals surface area contributed by atoms with Gasteiger partial charge in [-0.05, 0) is 70.0 Å². The van der Waals surface area contributed by atoms with E-state index in [9.17, 15) is 18.8 Å². The highest BCUT2D eigenvalue weighted by molar-refractivity contribution is 7.68. The van der Waals surface area contributed by atoms with Gasteiger partial charge in [0.05, 0.1) is 41.0 Å². The van der Waals surface area contributed by atoms with Crippen LogP contribution in [0.1, 0.15) is 55.6 Å². The molecule has 0 saturated carbocycles. The first-order valence-corrected chi connectivity index (χ1v) is 19.0. The maximum atomic E-state index is 13.9. The molecule has 5 aromatic rings. The van der Waals surface area contributed by atoms with Gasteiger partial charge in [-0.25, -0.2) is 14.6 Å². The molecule has 4 N–H and O–H groups in total. The molecular formula is C34H40N6O7P2. The van der Waals surface area contributed by atoms with E-state index in [1.165, 1.54) is 18.5 Å². The van der Waals surface area contributed by atoms with Crippen molar-refractivity contribution < 1.29 is 32.4 Å². The fraction of sp³-hybridized carbons (Fsp3) is 0.294. The molecule has 0 aliphatic heterocycles. The molecule has 0 bridgehead atoms.